The van der Waals surface area contributed by atoms with E-state index in [2.05, 4.69) is 5.32 Å². The zero-order valence-electron chi connectivity index (χ0n) is 10.4. The molecule has 0 aromatic heterocycles. The largest absolute Gasteiger partial charge is 0.368 e. The van der Waals surface area contributed by atoms with Gasteiger partial charge in [0.2, 0.25) is 17.7 Å². The van der Waals surface area contributed by atoms with Crippen LogP contribution in [0.5, 0.6) is 0 Å². The average molecular weight is 241 g/mol. The molecule has 0 aromatic rings. The number of nitrogens with one attached hydrogen (secondary N) is 1. The third-order valence-electron chi connectivity index (χ3n) is 2.84. The zero-order chi connectivity index (χ0) is 13.2. The van der Waals surface area contributed by atoms with Crippen LogP contribution in [-0.4, -0.2) is 40.7 Å². The molecular formula is C11H19N3O3. The molecule has 1 rings (SSSR count). The Morgan fingerprint density at radius 3 is 2.59 bits per heavy atom. The highest BCUT2D eigenvalue weighted by atomic mass is 16.2. The van der Waals surface area contributed by atoms with Gasteiger partial charge in [0.05, 0.1) is 18.0 Å². The molecule has 1 saturated heterocycles. The van der Waals surface area contributed by atoms with Crippen LogP contribution in [0.2, 0.25) is 0 Å². The van der Waals surface area contributed by atoms with Gasteiger partial charge in [0.25, 0.3) is 0 Å². The molecule has 1 unspecified atom stereocenters. The molecule has 1 heterocycles. The fourth-order valence-corrected chi connectivity index (χ4v) is 1.76. The van der Waals surface area contributed by atoms with Gasteiger partial charge in [-0.2, -0.15) is 0 Å². The second-order valence-electron chi connectivity index (χ2n) is 4.77. The molecule has 17 heavy (non-hydrogen) atoms. The second-order valence-corrected chi connectivity index (χ2v) is 4.77. The van der Waals surface area contributed by atoms with Crippen LogP contribution in [0.1, 0.15) is 33.6 Å². The van der Waals surface area contributed by atoms with Crippen molar-refractivity contribution in [3.8, 4) is 0 Å². The van der Waals surface area contributed by atoms with Gasteiger partial charge in [-0.25, -0.2) is 0 Å². The van der Waals surface area contributed by atoms with Crippen LogP contribution in [0.4, 0.5) is 0 Å². The Bertz CT molecular complexity index is 352. The first-order valence-corrected chi connectivity index (χ1v) is 5.71. The van der Waals surface area contributed by atoms with Gasteiger partial charge in [0.1, 0.15) is 0 Å². The van der Waals surface area contributed by atoms with Crippen molar-refractivity contribution in [2.24, 2.45) is 5.73 Å². The molecule has 0 aliphatic carbocycles. The Morgan fingerprint density at radius 1 is 1.53 bits per heavy atom. The number of nitrogens with zero attached hydrogens (tertiary/aromatic N) is 1. The molecule has 6 nitrogen and oxygen atoms in total. The van der Waals surface area contributed by atoms with Crippen molar-refractivity contribution < 1.29 is 14.4 Å². The molecule has 0 bridgehead atoms. The van der Waals surface area contributed by atoms with E-state index in [1.807, 2.05) is 6.92 Å². The van der Waals surface area contributed by atoms with Crippen LogP contribution in [0, 0.1) is 0 Å². The van der Waals surface area contributed by atoms with Gasteiger partial charge in [-0.3, -0.25) is 24.6 Å². The molecule has 3 amide bonds. The number of hydrogen-bond donors (Lipinski definition) is 2. The number of hydrogen-bond acceptors (Lipinski definition) is 4. The van der Waals surface area contributed by atoms with Gasteiger partial charge in [0, 0.05) is 6.54 Å². The van der Waals surface area contributed by atoms with E-state index in [0.29, 0.717) is 6.54 Å². The van der Waals surface area contributed by atoms with Gasteiger partial charge in [-0.1, -0.05) is 6.92 Å². The van der Waals surface area contributed by atoms with Gasteiger partial charge < -0.3 is 5.73 Å². The van der Waals surface area contributed by atoms with Crippen molar-refractivity contribution in [1.82, 2.24) is 10.2 Å². The first-order valence-electron chi connectivity index (χ1n) is 5.71. The smallest absolute Gasteiger partial charge is 0.246 e. The summed E-state index contributed by atoms with van der Waals surface area (Å²) in [6, 6.07) is -0.642. The Hall–Kier alpha value is -1.43. The minimum absolute atomic E-state index is 0.0928. The fraction of sp³-hybridized carbons (Fsp3) is 0.727. The third-order valence-corrected chi connectivity index (χ3v) is 2.84. The molecule has 0 spiro atoms. The van der Waals surface area contributed by atoms with Crippen molar-refractivity contribution in [3.63, 3.8) is 0 Å². The lowest BCUT2D eigenvalue weighted by atomic mass is 10.0. The molecule has 1 aliphatic rings. The number of likely N-dealkylation sites (tertiary alicyclic amines) is 1. The number of primary amides is 1. The van der Waals surface area contributed by atoms with Gasteiger partial charge >= 0.3 is 0 Å². The summed E-state index contributed by atoms with van der Waals surface area (Å²) in [5.74, 6) is -1.02. The molecule has 0 aromatic carbocycles. The Morgan fingerprint density at radius 2 is 2.12 bits per heavy atom. The minimum atomic E-state index is -0.997. The van der Waals surface area contributed by atoms with Crippen molar-refractivity contribution in [2.45, 2.75) is 45.2 Å². The van der Waals surface area contributed by atoms with Crippen molar-refractivity contribution in [1.29, 1.82) is 0 Å². The lowest BCUT2D eigenvalue weighted by Crippen LogP contribution is -2.56. The van der Waals surface area contributed by atoms with E-state index < -0.39 is 17.5 Å². The van der Waals surface area contributed by atoms with Gasteiger partial charge in [-0.15, -0.1) is 0 Å². The van der Waals surface area contributed by atoms with Crippen molar-refractivity contribution in [3.05, 3.63) is 0 Å². The van der Waals surface area contributed by atoms with E-state index >= 15 is 0 Å². The molecule has 96 valence electrons. The lowest BCUT2D eigenvalue weighted by Gasteiger charge is -2.25. The summed E-state index contributed by atoms with van der Waals surface area (Å²) < 4.78 is 0. The number of amides is 3. The maximum atomic E-state index is 11.9. The fourth-order valence-electron chi connectivity index (χ4n) is 1.76. The summed E-state index contributed by atoms with van der Waals surface area (Å²) >= 11 is 0. The molecule has 1 aliphatic heterocycles. The van der Waals surface area contributed by atoms with Gasteiger partial charge in [-0.05, 0) is 20.3 Å². The third kappa shape index (κ3) is 2.82. The summed E-state index contributed by atoms with van der Waals surface area (Å²) in [5, 5.41) is 2.84. The van der Waals surface area contributed by atoms with E-state index in [1.54, 1.807) is 13.8 Å². The number of rotatable bonds is 5. The predicted molar refractivity (Wildman–Crippen MR) is 61.8 cm³/mol. The lowest BCUT2D eigenvalue weighted by molar-refractivity contribution is -0.139. The van der Waals surface area contributed by atoms with Crippen LogP contribution in [0.15, 0.2) is 0 Å². The highest BCUT2D eigenvalue weighted by Gasteiger charge is 2.41. The van der Waals surface area contributed by atoms with Crippen molar-refractivity contribution in [2.75, 3.05) is 6.54 Å². The topological polar surface area (TPSA) is 92.5 Å². The molecule has 0 radical (unpaired) electrons. The van der Waals surface area contributed by atoms with E-state index in [4.69, 9.17) is 5.73 Å². The molecular weight excluding hydrogens is 222 g/mol. The van der Waals surface area contributed by atoms with E-state index in [0.717, 1.165) is 6.42 Å². The quantitative estimate of drug-likeness (QED) is 0.627. The van der Waals surface area contributed by atoms with Crippen molar-refractivity contribution >= 4 is 17.7 Å². The molecule has 3 N–H and O–H groups in total. The predicted octanol–water partition coefficient (Wildman–Crippen LogP) is -0.623. The summed E-state index contributed by atoms with van der Waals surface area (Å²) in [4.78, 5) is 35.9. The van der Waals surface area contributed by atoms with Crippen LogP contribution in [-0.2, 0) is 14.4 Å². The molecule has 6 heteroatoms. The minimum Gasteiger partial charge on any atom is -0.368 e. The first-order chi connectivity index (χ1) is 7.79. The Labute approximate surface area is 101 Å². The van der Waals surface area contributed by atoms with E-state index in [-0.39, 0.29) is 18.2 Å². The summed E-state index contributed by atoms with van der Waals surface area (Å²) in [7, 11) is 0. The van der Waals surface area contributed by atoms with E-state index in [9.17, 15) is 14.4 Å². The number of carbonyl (C=O) groups excluding carboxylic acids is 3. The Balaban J connectivity index is 2.73. The van der Waals surface area contributed by atoms with Crippen LogP contribution in [0.25, 0.3) is 0 Å². The molecule has 1 fully saturated rings. The first kappa shape index (κ1) is 13.6. The standard InChI is InChI=1S/C11H19N3O3/c1-4-5-14-8(15)6-7(9(14)16)13-11(2,3)10(12)17/h7,13H,4-6H2,1-3H3,(H2,12,17). The normalized spacial score (nSPS) is 21.1. The zero-order valence-corrected chi connectivity index (χ0v) is 10.4. The number of carbonyl (C=O) groups is 3. The monoisotopic (exact) mass is 241 g/mol. The summed E-state index contributed by atoms with van der Waals surface area (Å²) in [6.07, 6.45) is 0.818. The van der Waals surface area contributed by atoms with Crippen LogP contribution in [0.3, 0.4) is 0 Å². The SMILES string of the molecule is CCCN1C(=O)CC(NC(C)(C)C(N)=O)C1=O. The number of nitrogens with two attached hydrogens (primary N) is 1. The van der Waals surface area contributed by atoms with Crippen LogP contribution < -0.4 is 11.1 Å². The number of imide groups is 1. The second kappa shape index (κ2) is 4.83. The highest BCUT2D eigenvalue weighted by molar-refractivity contribution is 6.05. The maximum Gasteiger partial charge on any atom is 0.246 e. The molecule has 0 saturated carbocycles. The van der Waals surface area contributed by atoms with Crippen LogP contribution >= 0.6 is 0 Å². The average Bonchev–Trinajstić information content (AvgIpc) is 2.45. The molecule has 1 atom stereocenters. The summed E-state index contributed by atoms with van der Waals surface area (Å²) in [6.45, 7) is 5.51. The maximum absolute atomic E-state index is 11.9. The highest BCUT2D eigenvalue weighted by Crippen LogP contribution is 2.16. The summed E-state index contributed by atoms with van der Waals surface area (Å²) in [5.41, 5.74) is 4.21. The van der Waals surface area contributed by atoms with Gasteiger partial charge in [0.15, 0.2) is 0 Å². The Kier molecular flexibility index (Phi) is 3.87. The van der Waals surface area contributed by atoms with E-state index in [1.165, 1.54) is 4.90 Å².